The number of methoxy groups -OCH3 is 2. The fourth-order valence-corrected chi connectivity index (χ4v) is 2.46. The van der Waals surface area contributed by atoms with Gasteiger partial charge in [0.05, 0.1) is 35.5 Å². The molecule has 8 heteroatoms. The number of hydrogen-bond acceptors (Lipinski definition) is 5. The van der Waals surface area contributed by atoms with Gasteiger partial charge in [0.15, 0.2) is 18.1 Å². The van der Waals surface area contributed by atoms with E-state index in [1.165, 1.54) is 26.4 Å². The lowest BCUT2D eigenvalue weighted by Crippen LogP contribution is -2.21. The molecule has 25 heavy (non-hydrogen) atoms. The standard InChI is InChI=1S/C17H15Cl2NO5/c1-23-13-7-6-10(8-14(13)24-2)17(22)25-9-15(21)20-16-11(18)4-3-5-12(16)19/h3-8H,9H2,1-2H3,(H,20,21). The Balaban J connectivity index is 1.99. The summed E-state index contributed by atoms with van der Waals surface area (Å²) in [5.41, 5.74) is 0.485. The van der Waals surface area contributed by atoms with Gasteiger partial charge in [-0.25, -0.2) is 4.79 Å². The molecule has 0 aliphatic rings. The predicted molar refractivity (Wildman–Crippen MR) is 94.9 cm³/mol. The zero-order valence-electron chi connectivity index (χ0n) is 13.5. The van der Waals surface area contributed by atoms with Crippen molar-refractivity contribution >= 4 is 40.8 Å². The summed E-state index contributed by atoms with van der Waals surface area (Å²) in [4.78, 5) is 24.0. The van der Waals surface area contributed by atoms with E-state index in [-0.39, 0.29) is 21.3 Å². The molecular formula is C17H15Cl2NO5. The quantitative estimate of drug-likeness (QED) is 0.767. The van der Waals surface area contributed by atoms with Crippen LogP contribution in [-0.2, 0) is 9.53 Å². The number of benzene rings is 2. The lowest BCUT2D eigenvalue weighted by Gasteiger charge is -2.11. The van der Waals surface area contributed by atoms with Crippen LogP contribution in [0.2, 0.25) is 10.0 Å². The molecule has 0 radical (unpaired) electrons. The Morgan fingerprint density at radius 2 is 1.64 bits per heavy atom. The monoisotopic (exact) mass is 383 g/mol. The fourth-order valence-electron chi connectivity index (χ4n) is 1.97. The van der Waals surface area contributed by atoms with Gasteiger partial charge in [-0.1, -0.05) is 29.3 Å². The number of carbonyl (C=O) groups is 2. The van der Waals surface area contributed by atoms with Gasteiger partial charge in [-0.15, -0.1) is 0 Å². The highest BCUT2D eigenvalue weighted by molar-refractivity contribution is 6.39. The molecule has 0 aromatic heterocycles. The molecule has 0 aliphatic heterocycles. The molecule has 0 bridgehead atoms. The Hall–Kier alpha value is -2.44. The van der Waals surface area contributed by atoms with Crippen LogP contribution in [0, 0.1) is 0 Å². The van der Waals surface area contributed by atoms with E-state index in [4.69, 9.17) is 37.4 Å². The van der Waals surface area contributed by atoms with Gasteiger partial charge < -0.3 is 19.5 Å². The first-order chi connectivity index (χ1) is 12.0. The Labute approximate surface area is 154 Å². The Morgan fingerprint density at radius 1 is 1.00 bits per heavy atom. The average Bonchev–Trinajstić information content (AvgIpc) is 2.62. The van der Waals surface area contributed by atoms with Crippen molar-refractivity contribution in [3.8, 4) is 11.5 Å². The minimum atomic E-state index is -0.679. The van der Waals surface area contributed by atoms with Gasteiger partial charge in [-0.2, -0.15) is 0 Å². The molecule has 0 spiro atoms. The third-order valence-corrected chi connectivity index (χ3v) is 3.81. The van der Waals surface area contributed by atoms with Crippen LogP contribution in [0.1, 0.15) is 10.4 Å². The van der Waals surface area contributed by atoms with E-state index >= 15 is 0 Å². The zero-order chi connectivity index (χ0) is 18.4. The van der Waals surface area contributed by atoms with Crippen LogP contribution in [-0.4, -0.2) is 32.7 Å². The van der Waals surface area contributed by atoms with Gasteiger partial charge >= 0.3 is 5.97 Å². The molecule has 2 aromatic rings. The molecule has 0 heterocycles. The number of para-hydroxylation sites is 1. The maximum Gasteiger partial charge on any atom is 0.338 e. The smallest absolute Gasteiger partial charge is 0.338 e. The van der Waals surface area contributed by atoms with Gasteiger partial charge in [-0.05, 0) is 30.3 Å². The van der Waals surface area contributed by atoms with Crippen LogP contribution in [0.25, 0.3) is 0 Å². The van der Waals surface area contributed by atoms with Crippen LogP contribution < -0.4 is 14.8 Å². The van der Waals surface area contributed by atoms with E-state index in [1.54, 1.807) is 24.3 Å². The SMILES string of the molecule is COc1ccc(C(=O)OCC(=O)Nc2c(Cl)cccc2Cl)cc1OC. The number of amides is 1. The topological polar surface area (TPSA) is 73.9 Å². The minimum Gasteiger partial charge on any atom is -0.493 e. The number of halogens is 2. The summed E-state index contributed by atoms with van der Waals surface area (Å²) in [6.07, 6.45) is 0. The second-order valence-corrected chi connectivity index (χ2v) is 5.61. The molecule has 132 valence electrons. The number of esters is 1. The summed E-state index contributed by atoms with van der Waals surface area (Å²) >= 11 is 11.9. The molecule has 2 aromatic carbocycles. The summed E-state index contributed by atoms with van der Waals surface area (Å²) in [6, 6.07) is 9.35. The van der Waals surface area contributed by atoms with E-state index in [2.05, 4.69) is 5.32 Å². The van der Waals surface area contributed by atoms with E-state index in [0.29, 0.717) is 11.5 Å². The zero-order valence-corrected chi connectivity index (χ0v) is 15.0. The number of hydrogen-bond donors (Lipinski definition) is 1. The Kier molecular flexibility index (Phi) is 6.50. The largest absolute Gasteiger partial charge is 0.493 e. The van der Waals surface area contributed by atoms with Crippen LogP contribution in [0.15, 0.2) is 36.4 Å². The fraction of sp³-hybridized carbons (Fsp3) is 0.176. The number of carbonyl (C=O) groups excluding carboxylic acids is 2. The highest BCUT2D eigenvalue weighted by Crippen LogP contribution is 2.30. The second-order valence-electron chi connectivity index (χ2n) is 4.79. The number of rotatable bonds is 6. The van der Waals surface area contributed by atoms with Crippen molar-refractivity contribution < 1.29 is 23.8 Å². The summed E-state index contributed by atoms with van der Waals surface area (Å²) in [6.45, 7) is -0.491. The first-order valence-corrected chi connectivity index (χ1v) is 7.85. The van der Waals surface area contributed by atoms with Crippen molar-refractivity contribution in [2.24, 2.45) is 0 Å². The van der Waals surface area contributed by atoms with Crippen LogP contribution in [0.5, 0.6) is 11.5 Å². The molecule has 1 amide bonds. The van der Waals surface area contributed by atoms with E-state index < -0.39 is 18.5 Å². The maximum atomic E-state index is 12.1. The third-order valence-electron chi connectivity index (χ3n) is 3.18. The Morgan fingerprint density at radius 3 is 2.24 bits per heavy atom. The summed E-state index contributed by atoms with van der Waals surface area (Å²) in [5, 5.41) is 3.07. The van der Waals surface area contributed by atoms with Crippen molar-refractivity contribution in [3.05, 3.63) is 52.0 Å². The van der Waals surface area contributed by atoms with E-state index in [9.17, 15) is 9.59 Å². The van der Waals surface area contributed by atoms with Crippen LogP contribution >= 0.6 is 23.2 Å². The van der Waals surface area contributed by atoms with Gasteiger partial charge in [0.1, 0.15) is 0 Å². The summed E-state index contributed by atoms with van der Waals surface area (Å²) in [7, 11) is 2.94. The molecule has 2 rings (SSSR count). The number of ether oxygens (including phenoxy) is 3. The lowest BCUT2D eigenvalue weighted by molar-refractivity contribution is -0.119. The maximum absolute atomic E-state index is 12.1. The number of anilines is 1. The molecule has 0 saturated heterocycles. The third kappa shape index (κ3) is 4.78. The first kappa shape index (κ1) is 18.9. The molecule has 0 unspecified atom stereocenters. The normalized spacial score (nSPS) is 10.1. The van der Waals surface area contributed by atoms with Crippen molar-refractivity contribution in [3.63, 3.8) is 0 Å². The average molecular weight is 384 g/mol. The van der Waals surface area contributed by atoms with Gasteiger partial charge in [0, 0.05) is 0 Å². The molecule has 1 N–H and O–H groups in total. The van der Waals surface area contributed by atoms with Crippen molar-refractivity contribution in [1.29, 1.82) is 0 Å². The summed E-state index contributed by atoms with van der Waals surface area (Å²) in [5.74, 6) is -0.389. The summed E-state index contributed by atoms with van der Waals surface area (Å²) < 4.78 is 15.2. The van der Waals surface area contributed by atoms with Gasteiger partial charge in [0.25, 0.3) is 5.91 Å². The molecule has 0 aliphatic carbocycles. The van der Waals surface area contributed by atoms with Gasteiger partial charge in [0.2, 0.25) is 0 Å². The van der Waals surface area contributed by atoms with E-state index in [0.717, 1.165) is 0 Å². The highest BCUT2D eigenvalue weighted by Gasteiger charge is 2.15. The van der Waals surface area contributed by atoms with Crippen molar-refractivity contribution in [2.75, 3.05) is 26.1 Å². The predicted octanol–water partition coefficient (Wildman–Crippen LogP) is 3.81. The highest BCUT2D eigenvalue weighted by atomic mass is 35.5. The van der Waals surface area contributed by atoms with Crippen LogP contribution in [0.3, 0.4) is 0 Å². The van der Waals surface area contributed by atoms with Crippen molar-refractivity contribution in [2.45, 2.75) is 0 Å². The molecular weight excluding hydrogens is 369 g/mol. The Bertz CT molecular complexity index is 774. The molecule has 0 saturated carbocycles. The molecule has 0 atom stereocenters. The first-order valence-electron chi connectivity index (χ1n) is 7.09. The van der Waals surface area contributed by atoms with Gasteiger partial charge in [-0.3, -0.25) is 4.79 Å². The molecule has 0 fully saturated rings. The molecule has 6 nitrogen and oxygen atoms in total. The second kappa shape index (κ2) is 8.60. The number of nitrogens with one attached hydrogen (secondary N) is 1. The minimum absolute atomic E-state index is 0.223. The van der Waals surface area contributed by atoms with Crippen molar-refractivity contribution in [1.82, 2.24) is 0 Å². The lowest BCUT2D eigenvalue weighted by atomic mass is 10.2. The van der Waals surface area contributed by atoms with Crippen LogP contribution in [0.4, 0.5) is 5.69 Å². The van der Waals surface area contributed by atoms with E-state index in [1.807, 2.05) is 0 Å².